The van der Waals surface area contributed by atoms with Gasteiger partial charge in [0, 0.05) is 18.7 Å². The Hall–Kier alpha value is -2.31. The number of carboxylic acid groups (broad SMARTS) is 1. The predicted molar refractivity (Wildman–Crippen MR) is 80.1 cm³/mol. The number of carbonyl (C=O) groups is 1. The Morgan fingerprint density at radius 1 is 1.23 bits per heavy atom. The van der Waals surface area contributed by atoms with Crippen molar-refractivity contribution in [3.8, 4) is 5.75 Å². The lowest BCUT2D eigenvalue weighted by Crippen LogP contribution is -2.31. The highest BCUT2D eigenvalue weighted by Gasteiger charge is 2.22. The molecule has 7 nitrogen and oxygen atoms in total. The highest BCUT2D eigenvalue weighted by Crippen LogP contribution is 2.29. The molecule has 2 rings (SSSR count). The molecule has 0 unspecified atom stereocenters. The van der Waals surface area contributed by atoms with Crippen LogP contribution >= 0.6 is 0 Å². The van der Waals surface area contributed by atoms with Gasteiger partial charge in [0.1, 0.15) is 5.75 Å². The largest absolute Gasteiger partial charge is 0.493 e. The molecular weight excluding hydrogens is 288 g/mol. The molecule has 0 bridgehead atoms. The Labute approximate surface area is 128 Å². The molecule has 0 spiro atoms. The summed E-state index contributed by atoms with van der Waals surface area (Å²) in [5, 5.41) is 21.6. The Kier molecular flexibility index (Phi) is 5.57. The monoisotopic (exact) mass is 308 g/mol. The van der Waals surface area contributed by atoms with E-state index in [1.165, 1.54) is 12.1 Å². The summed E-state index contributed by atoms with van der Waals surface area (Å²) in [4.78, 5) is 20.6. The normalized spacial score (nSPS) is 21.1. The van der Waals surface area contributed by atoms with E-state index in [1.54, 1.807) is 12.1 Å². The number of hydrogen-bond donors (Lipinski definition) is 2. The number of non-ortho nitro benzene ring substituents is 1. The number of nitrogens with zero attached hydrogens (tertiary/aromatic N) is 1. The van der Waals surface area contributed by atoms with Gasteiger partial charge in [0.25, 0.3) is 5.69 Å². The molecule has 1 aliphatic carbocycles. The van der Waals surface area contributed by atoms with Gasteiger partial charge in [0.15, 0.2) is 0 Å². The van der Waals surface area contributed by atoms with E-state index >= 15 is 0 Å². The van der Waals surface area contributed by atoms with Gasteiger partial charge in [-0.25, -0.2) is 4.79 Å². The summed E-state index contributed by atoms with van der Waals surface area (Å²) in [6.45, 7) is 1.11. The molecule has 0 atom stereocenters. The maximum absolute atomic E-state index is 10.6. The highest BCUT2D eigenvalue weighted by molar-refractivity contribution is 5.64. The molecule has 0 heterocycles. The van der Waals surface area contributed by atoms with Crippen molar-refractivity contribution in [1.29, 1.82) is 0 Å². The van der Waals surface area contributed by atoms with Crippen LogP contribution in [0.1, 0.15) is 25.7 Å². The van der Waals surface area contributed by atoms with Crippen LogP contribution in [0.15, 0.2) is 24.3 Å². The fourth-order valence-corrected chi connectivity index (χ4v) is 2.71. The number of rotatable bonds is 6. The maximum Gasteiger partial charge on any atom is 0.404 e. The van der Waals surface area contributed by atoms with E-state index in [9.17, 15) is 14.9 Å². The van der Waals surface area contributed by atoms with Gasteiger partial charge in [-0.05, 0) is 49.7 Å². The van der Waals surface area contributed by atoms with Crippen LogP contribution in [-0.4, -0.2) is 29.3 Å². The number of ether oxygens (including phenoxy) is 1. The maximum atomic E-state index is 10.6. The number of nitro groups is 1. The van der Waals surface area contributed by atoms with Crippen LogP contribution in [0, 0.1) is 22.0 Å². The van der Waals surface area contributed by atoms with Crippen molar-refractivity contribution in [2.45, 2.75) is 25.7 Å². The second-order valence-electron chi connectivity index (χ2n) is 5.63. The topological polar surface area (TPSA) is 102 Å². The smallest absolute Gasteiger partial charge is 0.404 e. The summed E-state index contributed by atoms with van der Waals surface area (Å²) in [6, 6.07) is 6.09. The summed E-state index contributed by atoms with van der Waals surface area (Å²) in [7, 11) is 0. The van der Waals surface area contributed by atoms with Crippen LogP contribution in [0.5, 0.6) is 5.75 Å². The summed E-state index contributed by atoms with van der Waals surface area (Å²) in [5.74, 6) is 1.50. The van der Waals surface area contributed by atoms with E-state index in [1.807, 2.05) is 0 Å². The van der Waals surface area contributed by atoms with Gasteiger partial charge in [-0.15, -0.1) is 0 Å². The zero-order valence-electron chi connectivity index (χ0n) is 12.2. The SMILES string of the molecule is O=C(O)NCC1CCC(COc2ccc([N+](=O)[O-])cc2)CC1. The molecule has 0 aliphatic heterocycles. The first-order chi connectivity index (χ1) is 10.5. The van der Waals surface area contributed by atoms with E-state index in [-0.39, 0.29) is 5.69 Å². The molecule has 0 radical (unpaired) electrons. The van der Waals surface area contributed by atoms with Crippen LogP contribution in [0.2, 0.25) is 0 Å². The molecule has 1 aromatic rings. The predicted octanol–water partition coefficient (Wildman–Crippen LogP) is 3.05. The minimum absolute atomic E-state index is 0.0544. The quantitative estimate of drug-likeness (QED) is 0.621. The molecule has 120 valence electrons. The van der Waals surface area contributed by atoms with Gasteiger partial charge in [-0.3, -0.25) is 10.1 Å². The van der Waals surface area contributed by atoms with E-state index in [0.717, 1.165) is 25.7 Å². The standard InChI is InChI=1S/C15H20N2O5/c18-15(19)16-9-11-1-3-12(4-2-11)10-22-14-7-5-13(6-8-14)17(20)21/h5-8,11-12,16H,1-4,9-10H2,(H,18,19). The number of nitro benzene ring substituents is 1. The molecule has 1 amide bonds. The van der Waals surface area contributed by atoms with Gasteiger partial charge in [-0.2, -0.15) is 0 Å². The van der Waals surface area contributed by atoms with Crippen LogP contribution in [0.3, 0.4) is 0 Å². The molecule has 22 heavy (non-hydrogen) atoms. The lowest BCUT2D eigenvalue weighted by Gasteiger charge is -2.28. The van der Waals surface area contributed by atoms with E-state index in [2.05, 4.69) is 5.32 Å². The number of hydrogen-bond acceptors (Lipinski definition) is 4. The molecule has 1 aliphatic rings. The number of benzene rings is 1. The third-order valence-electron chi connectivity index (χ3n) is 4.04. The zero-order valence-corrected chi connectivity index (χ0v) is 12.2. The first-order valence-electron chi connectivity index (χ1n) is 7.38. The van der Waals surface area contributed by atoms with Crippen molar-refractivity contribution >= 4 is 11.8 Å². The van der Waals surface area contributed by atoms with Crippen LogP contribution in [0.25, 0.3) is 0 Å². The van der Waals surface area contributed by atoms with Gasteiger partial charge in [0.05, 0.1) is 11.5 Å². The Morgan fingerprint density at radius 3 is 2.36 bits per heavy atom. The Morgan fingerprint density at radius 2 is 1.82 bits per heavy atom. The zero-order chi connectivity index (χ0) is 15.9. The minimum atomic E-state index is -0.969. The highest BCUT2D eigenvalue weighted by atomic mass is 16.6. The van der Waals surface area contributed by atoms with Crippen molar-refractivity contribution in [2.75, 3.05) is 13.2 Å². The van der Waals surface area contributed by atoms with Crippen molar-refractivity contribution in [3.05, 3.63) is 34.4 Å². The molecule has 2 N–H and O–H groups in total. The molecule has 1 aromatic carbocycles. The summed E-state index contributed by atoms with van der Waals surface area (Å²) >= 11 is 0. The average Bonchev–Trinajstić information content (AvgIpc) is 2.52. The lowest BCUT2D eigenvalue weighted by atomic mass is 9.82. The second-order valence-corrected chi connectivity index (χ2v) is 5.63. The first kappa shape index (κ1) is 16.1. The van der Waals surface area contributed by atoms with Crippen molar-refractivity contribution < 1.29 is 19.6 Å². The summed E-state index contributed by atoms with van der Waals surface area (Å²) in [6.07, 6.45) is 3.05. The summed E-state index contributed by atoms with van der Waals surface area (Å²) < 4.78 is 5.68. The molecule has 1 fully saturated rings. The van der Waals surface area contributed by atoms with Gasteiger partial charge < -0.3 is 15.2 Å². The second kappa shape index (κ2) is 7.63. The Bertz CT molecular complexity index is 509. The molecule has 1 saturated carbocycles. The summed E-state index contributed by atoms with van der Waals surface area (Å²) in [5.41, 5.74) is 0.0544. The fourth-order valence-electron chi connectivity index (χ4n) is 2.71. The van der Waals surface area contributed by atoms with Gasteiger partial charge >= 0.3 is 6.09 Å². The van der Waals surface area contributed by atoms with Gasteiger partial charge in [0.2, 0.25) is 0 Å². The molecule has 7 heteroatoms. The average molecular weight is 308 g/mol. The number of amides is 1. The van der Waals surface area contributed by atoms with E-state index in [4.69, 9.17) is 9.84 Å². The fraction of sp³-hybridized carbons (Fsp3) is 0.533. The van der Waals surface area contributed by atoms with E-state index < -0.39 is 11.0 Å². The molecular formula is C15H20N2O5. The minimum Gasteiger partial charge on any atom is -0.493 e. The first-order valence-corrected chi connectivity index (χ1v) is 7.38. The van der Waals surface area contributed by atoms with Crippen LogP contribution < -0.4 is 10.1 Å². The van der Waals surface area contributed by atoms with Crippen molar-refractivity contribution in [1.82, 2.24) is 5.32 Å². The lowest BCUT2D eigenvalue weighted by molar-refractivity contribution is -0.384. The van der Waals surface area contributed by atoms with Crippen molar-refractivity contribution in [2.24, 2.45) is 11.8 Å². The van der Waals surface area contributed by atoms with Crippen LogP contribution in [-0.2, 0) is 0 Å². The van der Waals surface area contributed by atoms with E-state index in [0.29, 0.717) is 30.7 Å². The van der Waals surface area contributed by atoms with Gasteiger partial charge in [-0.1, -0.05) is 0 Å². The Balaban J connectivity index is 1.70. The van der Waals surface area contributed by atoms with Crippen LogP contribution in [0.4, 0.5) is 10.5 Å². The third-order valence-corrected chi connectivity index (χ3v) is 4.04. The number of nitrogens with one attached hydrogen (secondary N) is 1. The molecule has 0 aromatic heterocycles. The van der Waals surface area contributed by atoms with Crippen molar-refractivity contribution in [3.63, 3.8) is 0 Å². The third kappa shape index (κ3) is 4.91. The molecule has 0 saturated heterocycles.